The van der Waals surface area contributed by atoms with Crippen LogP contribution in [-0.2, 0) is 4.74 Å². The van der Waals surface area contributed by atoms with Crippen molar-refractivity contribution in [3.05, 3.63) is 59.7 Å². The molecule has 0 bridgehead atoms. The van der Waals surface area contributed by atoms with Gasteiger partial charge >= 0.3 is 0 Å². The topological polar surface area (TPSA) is 49.7 Å². The lowest BCUT2D eigenvalue weighted by Crippen LogP contribution is -2.15. The summed E-state index contributed by atoms with van der Waals surface area (Å²) < 4.78 is 31.8. The minimum absolute atomic E-state index is 0.422. The summed E-state index contributed by atoms with van der Waals surface area (Å²) in [4.78, 5) is 0. The normalized spacial score (nSPS) is 12.5. The summed E-state index contributed by atoms with van der Waals surface area (Å²) in [6.45, 7) is 0.361. The number of ether oxygens (including phenoxy) is 1. The Bertz CT molecular complexity index is 701. The summed E-state index contributed by atoms with van der Waals surface area (Å²) in [5.41, 5.74) is 2.16. The van der Waals surface area contributed by atoms with Crippen molar-refractivity contribution in [2.24, 2.45) is 0 Å². The van der Waals surface area contributed by atoms with Crippen molar-refractivity contribution in [1.82, 2.24) is 0 Å². The summed E-state index contributed by atoms with van der Waals surface area (Å²) in [5, 5.41) is 18.5. The van der Waals surface area contributed by atoms with Crippen LogP contribution in [0, 0.1) is 11.6 Å². The Hall–Kier alpha value is -1.82. The fourth-order valence-corrected chi connectivity index (χ4v) is 3.31. The maximum Gasteiger partial charge on any atom is 0.267 e. The fourth-order valence-electron chi connectivity index (χ4n) is 3.31. The van der Waals surface area contributed by atoms with Crippen LogP contribution in [0.25, 0.3) is 11.1 Å². The summed E-state index contributed by atoms with van der Waals surface area (Å²) in [6.07, 6.45) is 8.45. The third-order valence-electron chi connectivity index (χ3n) is 4.89. The molecule has 0 spiro atoms. The van der Waals surface area contributed by atoms with Crippen LogP contribution in [0.3, 0.4) is 0 Å². The molecule has 2 N–H and O–H groups in total. The van der Waals surface area contributed by atoms with Crippen molar-refractivity contribution in [3.8, 4) is 11.1 Å². The summed E-state index contributed by atoms with van der Waals surface area (Å²) in [5.74, 6) is -1.76. The Labute approximate surface area is 166 Å². The number of hydrogen-bond acceptors (Lipinski definition) is 3. The van der Waals surface area contributed by atoms with E-state index in [4.69, 9.17) is 4.74 Å². The summed E-state index contributed by atoms with van der Waals surface area (Å²) >= 11 is 0. The van der Waals surface area contributed by atoms with E-state index in [-0.39, 0.29) is 0 Å². The van der Waals surface area contributed by atoms with Gasteiger partial charge in [0.25, 0.3) is 6.48 Å². The van der Waals surface area contributed by atoms with Crippen LogP contribution in [0.4, 0.5) is 8.78 Å². The largest absolute Gasteiger partial charge is 0.346 e. The number of benzene rings is 2. The van der Waals surface area contributed by atoms with E-state index in [1.54, 1.807) is 12.1 Å². The number of hydrogen-bond donors (Lipinski definition) is 2. The van der Waals surface area contributed by atoms with Crippen molar-refractivity contribution in [1.29, 1.82) is 0 Å². The second kappa shape index (κ2) is 11.9. The van der Waals surface area contributed by atoms with E-state index < -0.39 is 24.2 Å². The number of halogens is 2. The predicted molar refractivity (Wildman–Crippen MR) is 106 cm³/mol. The molecule has 1 atom stereocenters. The lowest BCUT2D eigenvalue weighted by molar-refractivity contribution is -0.259. The third-order valence-corrected chi connectivity index (χ3v) is 4.89. The van der Waals surface area contributed by atoms with E-state index in [1.165, 1.54) is 38.2 Å². The molecule has 154 valence electrons. The molecule has 3 nitrogen and oxygen atoms in total. The lowest BCUT2D eigenvalue weighted by Gasteiger charge is -2.20. The van der Waals surface area contributed by atoms with Gasteiger partial charge in [-0.1, -0.05) is 82.2 Å². The molecule has 0 saturated heterocycles. The molecule has 5 heteroatoms. The van der Waals surface area contributed by atoms with E-state index in [1.807, 2.05) is 12.1 Å². The van der Waals surface area contributed by atoms with Gasteiger partial charge in [-0.3, -0.25) is 0 Å². The molecule has 2 aromatic carbocycles. The van der Waals surface area contributed by atoms with Gasteiger partial charge in [-0.25, -0.2) is 8.78 Å². The van der Waals surface area contributed by atoms with Gasteiger partial charge in [0.1, 0.15) is 0 Å². The number of rotatable bonds is 12. The first-order valence-electron chi connectivity index (χ1n) is 10.1. The highest BCUT2D eigenvalue weighted by molar-refractivity contribution is 5.63. The van der Waals surface area contributed by atoms with Crippen LogP contribution in [0.15, 0.2) is 42.5 Å². The zero-order chi connectivity index (χ0) is 20.4. The molecule has 0 aliphatic carbocycles. The Morgan fingerprint density at radius 1 is 0.786 bits per heavy atom. The van der Waals surface area contributed by atoms with E-state index >= 15 is 0 Å². The molecule has 0 saturated carbocycles. The van der Waals surface area contributed by atoms with Crippen molar-refractivity contribution in [2.45, 2.75) is 70.9 Å². The molecule has 0 aromatic heterocycles. The third kappa shape index (κ3) is 7.30. The molecule has 0 fully saturated rings. The molecule has 2 aromatic rings. The maximum absolute atomic E-state index is 13.4. The zero-order valence-corrected chi connectivity index (χ0v) is 16.4. The zero-order valence-electron chi connectivity index (χ0n) is 16.4. The SMILES string of the molecule is CCCCCCCCCC(OC(O)O)c1ccc(-c2ccc(F)c(F)c2)cc1. The molecule has 0 radical (unpaired) electrons. The fraction of sp³-hybridized carbons (Fsp3) is 0.478. The molecular weight excluding hydrogens is 362 g/mol. The Kier molecular flexibility index (Phi) is 9.55. The minimum Gasteiger partial charge on any atom is -0.346 e. The highest BCUT2D eigenvalue weighted by Crippen LogP contribution is 2.28. The van der Waals surface area contributed by atoms with Gasteiger partial charge in [0.2, 0.25) is 0 Å². The maximum atomic E-state index is 13.4. The molecule has 0 aliphatic heterocycles. The summed E-state index contributed by atoms with van der Waals surface area (Å²) in [6, 6.07) is 11.0. The van der Waals surface area contributed by atoms with Gasteiger partial charge in [0.05, 0.1) is 6.10 Å². The first-order chi connectivity index (χ1) is 13.5. The van der Waals surface area contributed by atoms with Gasteiger partial charge in [0.15, 0.2) is 11.6 Å². The Morgan fingerprint density at radius 3 is 2.00 bits per heavy atom. The minimum atomic E-state index is -1.83. The average molecular weight is 392 g/mol. The van der Waals surface area contributed by atoms with Gasteiger partial charge in [-0.05, 0) is 35.2 Å². The van der Waals surface area contributed by atoms with E-state index in [0.29, 0.717) is 12.0 Å². The van der Waals surface area contributed by atoms with E-state index in [2.05, 4.69) is 6.92 Å². The van der Waals surface area contributed by atoms with Crippen LogP contribution < -0.4 is 0 Å². The van der Waals surface area contributed by atoms with Gasteiger partial charge in [-0.2, -0.15) is 0 Å². The first kappa shape index (κ1) is 22.5. The lowest BCUT2D eigenvalue weighted by atomic mass is 9.98. The number of aliphatic hydroxyl groups is 2. The Balaban J connectivity index is 1.96. The monoisotopic (exact) mass is 392 g/mol. The second-order valence-corrected chi connectivity index (χ2v) is 7.11. The van der Waals surface area contributed by atoms with Crippen molar-refractivity contribution >= 4 is 0 Å². The van der Waals surface area contributed by atoms with E-state index in [0.717, 1.165) is 36.1 Å². The number of aliphatic hydroxyl groups excluding tert-OH is 1. The molecule has 2 rings (SSSR count). The van der Waals surface area contributed by atoms with Crippen molar-refractivity contribution in [3.63, 3.8) is 0 Å². The smallest absolute Gasteiger partial charge is 0.267 e. The van der Waals surface area contributed by atoms with E-state index in [9.17, 15) is 19.0 Å². The van der Waals surface area contributed by atoms with Gasteiger partial charge < -0.3 is 14.9 Å². The highest BCUT2D eigenvalue weighted by atomic mass is 19.2. The molecule has 0 aliphatic rings. The first-order valence-corrected chi connectivity index (χ1v) is 10.1. The summed E-state index contributed by atoms with van der Waals surface area (Å²) in [7, 11) is 0. The molecule has 1 unspecified atom stereocenters. The predicted octanol–water partition coefficient (Wildman–Crippen LogP) is 6.10. The highest BCUT2D eigenvalue weighted by Gasteiger charge is 2.15. The Morgan fingerprint density at radius 2 is 1.39 bits per heavy atom. The average Bonchev–Trinajstić information content (AvgIpc) is 2.68. The second-order valence-electron chi connectivity index (χ2n) is 7.11. The van der Waals surface area contributed by atoms with Crippen molar-refractivity contribution < 1.29 is 23.7 Å². The van der Waals surface area contributed by atoms with Crippen LogP contribution in [0.5, 0.6) is 0 Å². The van der Waals surface area contributed by atoms with Crippen LogP contribution in [-0.4, -0.2) is 16.7 Å². The standard InChI is InChI=1S/C23H30F2O3/c1-2-3-4-5-6-7-8-9-22(28-23(26)27)18-12-10-17(11-13-18)19-14-15-20(24)21(25)16-19/h10-16,22-23,26-27H,2-9H2,1H3. The molecule has 0 amide bonds. The van der Waals surface area contributed by atoms with Crippen molar-refractivity contribution in [2.75, 3.05) is 0 Å². The molecular formula is C23H30F2O3. The molecule has 28 heavy (non-hydrogen) atoms. The van der Waals surface area contributed by atoms with Gasteiger partial charge in [0, 0.05) is 0 Å². The number of unbranched alkanes of at least 4 members (excludes halogenated alkanes) is 6. The van der Waals surface area contributed by atoms with Gasteiger partial charge in [-0.15, -0.1) is 0 Å². The van der Waals surface area contributed by atoms with Crippen LogP contribution in [0.2, 0.25) is 0 Å². The van der Waals surface area contributed by atoms with Crippen LogP contribution >= 0.6 is 0 Å². The van der Waals surface area contributed by atoms with Crippen LogP contribution in [0.1, 0.15) is 70.0 Å². The quantitative estimate of drug-likeness (QED) is 0.339. The molecule has 0 heterocycles.